The van der Waals surface area contributed by atoms with Crippen molar-refractivity contribution in [1.82, 2.24) is 25.6 Å². The molecule has 10 heteroatoms. The molecule has 2 aliphatic rings. The second-order valence-corrected chi connectivity index (χ2v) is 8.95. The van der Waals surface area contributed by atoms with E-state index in [9.17, 15) is 14.0 Å². The number of carbonyl (C=O) groups excluding carboxylic acids is 2. The molecular weight excluding hydrogens is 443 g/mol. The summed E-state index contributed by atoms with van der Waals surface area (Å²) in [6, 6.07) is 10.4. The molecule has 0 spiro atoms. The maximum absolute atomic E-state index is 13.4. The van der Waals surface area contributed by atoms with Crippen LogP contribution < -0.4 is 15.5 Å². The van der Waals surface area contributed by atoms with Crippen LogP contribution in [0, 0.1) is 5.82 Å². The van der Waals surface area contributed by atoms with Gasteiger partial charge < -0.3 is 10.2 Å². The van der Waals surface area contributed by atoms with Crippen molar-refractivity contribution >= 4 is 45.8 Å². The predicted octanol–water partition coefficient (Wildman–Crippen LogP) is 3.25. The quantitative estimate of drug-likeness (QED) is 0.555. The van der Waals surface area contributed by atoms with Crippen molar-refractivity contribution in [3.63, 3.8) is 0 Å². The number of amides is 2. The van der Waals surface area contributed by atoms with Crippen LogP contribution in [-0.2, 0) is 11.3 Å². The highest BCUT2D eigenvalue weighted by Gasteiger charge is 2.26. The maximum Gasteiger partial charge on any atom is 0.290 e. The van der Waals surface area contributed by atoms with Gasteiger partial charge in [-0.2, -0.15) is 0 Å². The number of hydrogen-bond donors (Lipinski definition) is 2. The number of benzene rings is 1. The van der Waals surface area contributed by atoms with E-state index in [2.05, 4.69) is 30.5 Å². The van der Waals surface area contributed by atoms with E-state index >= 15 is 0 Å². The molecule has 5 rings (SSSR count). The number of pyridine rings is 1. The Morgan fingerprint density at radius 2 is 2.12 bits per heavy atom. The molecule has 2 amide bonds. The van der Waals surface area contributed by atoms with Gasteiger partial charge in [-0.15, -0.1) is 0 Å². The molecule has 4 heterocycles. The van der Waals surface area contributed by atoms with Crippen molar-refractivity contribution in [2.24, 2.45) is 0 Å². The summed E-state index contributed by atoms with van der Waals surface area (Å²) in [4.78, 5) is 39.2. The number of thioether (sulfide) groups is 1. The Hall–Kier alpha value is -3.37. The number of piperidine rings is 1. The Kier molecular flexibility index (Phi) is 6.01. The van der Waals surface area contributed by atoms with Crippen molar-refractivity contribution in [2.45, 2.75) is 25.4 Å². The van der Waals surface area contributed by atoms with E-state index in [1.54, 1.807) is 24.4 Å². The van der Waals surface area contributed by atoms with Gasteiger partial charge in [0, 0.05) is 37.3 Å². The zero-order chi connectivity index (χ0) is 22.8. The Labute approximate surface area is 193 Å². The summed E-state index contributed by atoms with van der Waals surface area (Å²) in [5.74, 6) is -0.0741. The molecule has 0 unspecified atom stereocenters. The molecule has 2 N–H and O–H groups in total. The summed E-state index contributed by atoms with van der Waals surface area (Å²) in [6.07, 6.45) is 5.28. The third kappa shape index (κ3) is 5.01. The van der Waals surface area contributed by atoms with Gasteiger partial charge in [-0.25, -0.2) is 14.4 Å². The lowest BCUT2D eigenvalue weighted by atomic mass is 10.1. The van der Waals surface area contributed by atoms with E-state index in [1.165, 1.54) is 12.1 Å². The van der Waals surface area contributed by atoms with E-state index in [1.807, 2.05) is 12.1 Å². The molecule has 1 atom stereocenters. The van der Waals surface area contributed by atoms with E-state index in [4.69, 9.17) is 0 Å². The summed E-state index contributed by atoms with van der Waals surface area (Å²) in [5, 5.41) is 6.21. The smallest absolute Gasteiger partial charge is 0.290 e. The molecule has 0 aliphatic carbocycles. The number of nitrogens with zero attached hydrogens (tertiary/aromatic N) is 4. The molecule has 8 nitrogen and oxygen atoms in total. The monoisotopic (exact) mass is 464 g/mol. The van der Waals surface area contributed by atoms with Crippen molar-refractivity contribution < 1.29 is 14.0 Å². The van der Waals surface area contributed by atoms with Gasteiger partial charge in [0.2, 0.25) is 5.95 Å². The average Bonchev–Trinajstić information content (AvgIpc) is 3.14. The molecule has 2 fully saturated rings. The Morgan fingerprint density at radius 1 is 1.21 bits per heavy atom. The summed E-state index contributed by atoms with van der Waals surface area (Å²) in [7, 11) is 0. The van der Waals surface area contributed by atoms with Crippen molar-refractivity contribution in [3.05, 3.63) is 64.7 Å². The van der Waals surface area contributed by atoms with E-state index in [-0.39, 0.29) is 17.1 Å². The molecule has 1 aromatic carbocycles. The molecule has 33 heavy (non-hydrogen) atoms. The van der Waals surface area contributed by atoms with Crippen LogP contribution in [0.1, 0.15) is 24.2 Å². The van der Waals surface area contributed by atoms with E-state index < -0.39 is 5.91 Å². The van der Waals surface area contributed by atoms with Crippen LogP contribution in [0.25, 0.3) is 17.0 Å². The lowest BCUT2D eigenvalue weighted by molar-refractivity contribution is -0.115. The summed E-state index contributed by atoms with van der Waals surface area (Å²) >= 11 is 0.869. The highest BCUT2D eigenvalue weighted by molar-refractivity contribution is 8.18. The molecule has 3 aromatic rings. The number of rotatable bonds is 5. The van der Waals surface area contributed by atoms with E-state index in [0.29, 0.717) is 23.1 Å². The van der Waals surface area contributed by atoms with Gasteiger partial charge in [0.25, 0.3) is 11.1 Å². The van der Waals surface area contributed by atoms with Crippen LogP contribution in [0.4, 0.5) is 15.1 Å². The van der Waals surface area contributed by atoms with Crippen LogP contribution in [0.3, 0.4) is 0 Å². The molecular formula is C23H21FN6O2S. The fraction of sp³-hybridized carbons (Fsp3) is 0.261. The van der Waals surface area contributed by atoms with Crippen LogP contribution in [0.15, 0.2) is 47.5 Å². The minimum absolute atomic E-state index is 0.240. The minimum atomic E-state index is -0.403. The number of fused-ring (bicyclic) bond motifs is 1. The molecule has 0 saturated carbocycles. The van der Waals surface area contributed by atoms with Crippen molar-refractivity contribution in [2.75, 3.05) is 18.0 Å². The van der Waals surface area contributed by atoms with Crippen LogP contribution in [-0.4, -0.2) is 45.2 Å². The van der Waals surface area contributed by atoms with Gasteiger partial charge in [-0.3, -0.25) is 19.9 Å². The molecule has 2 saturated heterocycles. The summed E-state index contributed by atoms with van der Waals surface area (Å²) in [6.45, 7) is 2.19. The van der Waals surface area contributed by atoms with Crippen LogP contribution in [0.2, 0.25) is 0 Å². The van der Waals surface area contributed by atoms with Crippen LogP contribution >= 0.6 is 11.8 Å². The van der Waals surface area contributed by atoms with Gasteiger partial charge in [-0.05, 0) is 61.0 Å². The summed E-state index contributed by atoms with van der Waals surface area (Å²) in [5.41, 5.74) is 2.26. The molecule has 0 radical (unpaired) electrons. The highest BCUT2D eigenvalue weighted by Crippen LogP contribution is 2.25. The Bertz CT molecular complexity index is 1270. The molecule has 0 bridgehead atoms. The fourth-order valence-corrected chi connectivity index (χ4v) is 4.63. The summed E-state index contributed by atoms with van der Waals surface area (Å²) < 4.78 is 13.4. The number of carbonyl (C=O) groups is 2. The average molecular weight is 465 g/mol. The first-order valence-corrected chi connectivity index (χ1v) is 11.5. The Morgan fingerprint density at radius 3 is 2.97 bits per heavy atom. The van der Waals surface area contributed by atoms with Crippen molar-refractivity contribution in [1.29, 1.82) is 0 Å². The predicted molar refractivity (Wildman–Crippen MR) is 125 cm³/mol. The lowest BCUT2D eigenvalue weighted by Gasteiger charge is -2.33. The first-order valence-electron chi connectivity index (χ1n) is 10.6. The number of aromatic nitrogens is 3. The standard InChI is InChI=1S/C23H21FN6O2S/c24-15-4-6-19-14(10-15)3-5-17(27-19)12-26-18-2-1-9-30(13-18)22-25-8-7-16(28-22)11-20-21(31)29-23(32)33-20/h3-8,10-11,18,26H,1-2,9,12-13H2,(H,29,31,32)/t18-/m1/s1. The fourth-order valence-electron chi connectivity index (χ4n) is 3.96. The number of halogens is 1. The Balaban J connectivity index is 1.24. The topological polar surface area (TPSA) is 100 Å². The largest absolute Gasteiger partial charge is 0.339 e. The second kappa shape index (κ2) is 9.24. The van der Waals surface area contributed by atoms with Gasteiger partial charge >= 0.3 is 0 Å². The van der Waals surface area contributed by atoms with Gasteiger partial charge in [0.1, 0.15) is 5.82 Å². The first-order chi connectivity index (χ1) is 16.0. The van der Waals surface area contributed by atoms with Gasteiger partial charge in [-0.1, -0.05) is 6.07 Å². The van der Waals surface area contributed by atoms with E-state index in [0.717, 1.165) is 54.3 Å². The molecule has 2 aromatic heterocycles. The van der Waals surface area contributed by atoms with Gasteiger partial charge in [0.05, 0.1) is 21.8 Å². The molecule has 2 aliphatic heterocycles. The molecule has 168 valence electrons. The second-order valence-electron chi connectivity index (χ2n) is 7.94. The number of imide groups is 1. The minimum Gasteiger partial charge on any atom is -0.339 e. The number of nitrogens with one attached hydrogen (secondary N) is 2. The zero-order valence-electron chi connectivity index (χ0n) is 17.6. The van der Waals surface area contributed by atoms with Crippen LogP contribution in [0.5, 0.6) is 0 Å². The third-order valence-electron chi connectivity index (χ3n) is 5.57. The third-order valence-corrected chi connectivity index (χ3v) is 6.38. The zero-order valence-corrected chi connectivity index (χ0v) is 18.4. The highest BCUT2D eigenvalue weighted by atomic mass is 32.2. The van der Waals surface area contributed by atoms with Gasteiger partial charge in [0.15, 0.2) is 0 Å². The lowest BCUT2D eigenvalue weighted by Crippen LogP contribution is -2.46. The number of anilines is 1. The van der Waals surface area contributed by atoms with Crippen molar-refractivity contribution in [3.8, 4) is 0 Å². The normalized spacial score (nSPS) is 20.0. The maximum atomic E-state index is 13.4. The number of hydrogen-bond acceptors (Lipinski definition) is 8. The first kappa shape index (κ1) is 21.5. The SMILES string of the molecule is O=C1NC(=O)C(=Cc2ccnc(N3CCC[C@@H](NCc4ccc5cc(F)ccc5n4)C3)n2)S1.